The van der Waals surface area contributed by atoms with Crippen molar-refractivity contribution >= 4 is 22.9 Å². The molecule has 0 aromatic carbocycles. The Bertz CT molecular complexity index is 1170. The SMILES string of the molecule is Cc1nc(C2=C(C#N)c3c(N4CCN(C(=O)OC5CCC5(F)F)CC4)ccnc3C2)cn1C. The molecule has 0 bridgehead atoms. The van der Waals surface area contributed by atoms with Crippen molar-refractivity contribution in [3.05, 3.63) is 41.2 Å². The highest BCUT2D eigenvalue weighted by molar-refractivity contribution is 6.04. The van der Waals surface area contributed by atoms with E-state index in [4.69, 9.17) is 4.74 Å². The van der Waals surface area contributed by atoms with Crippen molar-refractivity contribution < 1.29 is 18.3 Å². The minimum Gasteiger partial charge on any atom is -0.440 e. The van der Waals surface area contributed by atoms with Crippen LogP contribution in [-0.4, -0.2) is 63.7 Å². The number of imidazole rings is 1. The maximum absolute atomic E-state index is 13.4. The van der Waals surface area contributed by atoms with Crippen LogP contribution in [0.25, 0.3) is 11.1 Å². The molecule has 10 heteroatoms. The van der Waals surface area contributed by atoms with Gasteiger partial charge >= 0.3 is 6.09 Å². The highest BCUT2D eigenvalue weighted by Gasteiger charge is 2.51. The number of aryl methyl sites for hydroxylation is 2. The predicted octanol–water partition coefficient (Wildman–Crippen LogP) is 3.17. The average Bonchev–Trinajstić information content (AvgIpc) is 3.35. The van der Waals surface area contributed by atoms with Crippen molar-refractivity contribution in [3.63, 3.8) is 0 Å². The number of allylic oxidation sites excluding steroid dienone is 2. The Labute approximate surface area is 190 Å². The second kappa shape index (κ2) is 7.83. The second-order valence-corrected chi connectivity index (χ2v) is 8.72. The minimum absolute atomic E-state index is 0.198. The first-order valence-corrected chi connectivity index (χ1v) is 11.0. The van der Waals surface area contributed by atoms with Crippen LogP contribution in [0.4, 0.5) is 19.3 Å². The number of rotatable bonds is 3. The molecule has 1 unspecified atom stereocenters. The molecular formula is C23H24F2N6O2. The number of nitrogens with zero attached hydrogens (tertiary/aromatic N) is 6. The number of piperazine rings is 1. The number of aromatic nitrogens is 3. The molecule has 3 heterocycles. The molecule has 1 amide bonds. The number of fused-ring (bicyclic) bond motifs is 1. The van der Waals surface area contributed by atoms with Crippen molar-refractivity contribution in [2.24, 2.45) is 7.05 Å². The van der Waals surface area contributed by atoms with Crippen molar-refractivity contribution in [2.75, 3.05) is 31.1 Å². The minimum atomic E-state index is -2.92. The van der Waals surface area contributed by atoms with Gasteiger partial charge in [0.25, 0.3) is 5.92 Å². The number of pyridine rings is 1. The summed E-state index contributed by atoms with van der Waals surface area (Å²) in [5.74, 6) is -2.06. The van der Waals surface area contributed by atoms with Gasteiger partial charge in [-0.05, 0) is 19.4 Å². The van der Waals surface area contributed by atoms with Crippen LogP contribution >= 0.6 is 0 Å². The molecule has 0 radical (unpaired) electrons. The molecule has 8 nitrogen and oxygen atoms in total. The number of anilines is 1. The highest BCUT2D eigenvalue weighted by Crippen LogP contribution is 2.42. The largest absolute Gasteiger partial charge is 0.440 e. The van der Waals surface area contributed by atoms with E-state index in [0.29, 0.717) is 38.2 Å². The standard InChI is InChI=1S/C23H24F2N6O2/c1-14-28-18(13-29(14)2)15-11-17-21(16(15)12-26)19(4-6-27-17)30-7-9-31(10-8-30)22(32)33-20-3-5-23(20,24)25/h4,6,13,20H,3,5,7-11H2,1-2H3. The zero-order valence-electron chi connectivity index (χ0n) is 18.5. The topological polar surface area (TPSA) is 87.3 Å². The van der Waals surface area contributed by atoms with Crippen molar-refractivity contribution in [1.29, 1.82) is 5.26 Å². The van der Waals surface area contributed by atoms with E-state index in [1.165, 1.54) is 4.90 Å². The number of nitriles is 1. The molecular weight excluding hydrogens is 430 g/mol. The molecule has 1 saturated heterocycles. The maximum atomic E-state index is 13.4. The lowest BCUT2D eigenvalue weighted by molar-refractivity contribution is -0.179. The molecule has 1 aliphatic heterocycles. The quantitative estimate of drug-likeness (QED) is 0.708. The fraction of sp³-hybridized carbons (Fsp3) is 0.478. The molecule has 172 valence electrons. The highest BCUT2D eigenvalue weighted by atomic mass is 19.3. The Hall–Kier alpha value is -3.48. The van der Waals surface area contributed by atoms with E-state index in [1.54, 1.807) is 6.20 Å². The van der Waals surface area contributed by atoms with Gasteiger partial charge in [0.1, 0.15) is 11.9 Å². The third kappa shape index (κ3) is 3.61. The van der Waals surface area contributed by atoms with E-state index in [1.807, 2.05) is 30.8 Å². The van der Waals surface area contributed by atoms with Gasteiger partial charge in [-0.2, -0.15) is 5.26 Å². The van der Waals surface area contributed by atoms with Crippen LogP contribution in [0.1, 0.15) is 35.6 Å². The van der Waals surface area contributed by atoms with E-state index in [0.717, 1.165) is 34.0 Å². The monoisotopic (exact) mass is 454 g/mol. The van der Waals surface area contributed by atoms with Crippen LogP contribution in [0, 0.1) is 18.3 Å². The summed E-state index contributed by atoms with van der Waals surface area (Å²) < 4.78 is 33.8. The third-order valence-electron chi connectivity index (χ3n) is 6.77. The van der Waals surface area contributed by atoms with Gasteiger partial charge in [-0.1, -0.05) is 0 Å². The number of amides is 1. The number of carbonyl (C=O) groups excluding carboxylic acids is 1. The normalized spacial score (nSPS) is 21.5. The average molecular weight is 454 g/mol. The van der Waals surface area contributed by atoms with Gasteiger partial charge in [0.2, 0.25) is 0 Å². The first-order chi connectivity index (χ1) is 15.8. The molecule has 2 fully saturated rings. The van der Waals surface area contributed by atoms with E-state index < -0.39 is 18.1 Å². The fourth-order valence-corrected chi connectivity index (χ4v) is 4.57. The van der Waals surface area contributed by atoms with Crippen molar-refractivity contribution in [2.45, 2.75) is 38.2 Å². The summed E-state index contributed by atoms with van der Waals surface area (Å²) in [6.07, 6.45) is 2.14. The van der Waals surface area contributed by atoms with Crippen LogP contribution in [0.2, 0.25) is 0 Å². The molecule has 2 aromatic rings. The van der Waals surface area contributed by atoms with Crippen LogP contribution < -0.4 is 4.90 Å². The summed E-state index contributed by atoms with van der Waals surface area (Å²) in [5, 5.41) is 9.99. The molecule has 1 saturated carbocycles. The number of halogens is 2. The maximum Gasteiger partial charge on any atom is 0.410 e. The summed E-state index contributed by atoms with van der Waals surface area (Å²) in [6.45, 7) is 3.63. The molecule has 2 aromatic heterocycles. The number of hydrogen-bond acceptors (Lipinski definition) is 6. The molecule has 1 atom stereocenters. The van der Waals surface area contributed by atoms with Gasteiger partial charge in [0.15, 0.2) is 6.10 Å². The summed E-state index contributed by atoms with van der Waals surface area (Å²) in [7, 11) is 1.92. The van der Waals surface area contributed by atoms with Crippen molar-refractivity contribution in [1.82, 2.24) is 19.4 Å². The molecule has 3 aliphatic rings. The molecule has 5 rings (SSSR count). The fourth-order valence-electron chi connectivity index (χ4n) is 4.57. The Kier molecular flexibility index (Phi) is 5.07. The first-order valence-electron chi connectivity index (χ1n) is 11.0. The third-order valence-corrected chi connectivity index (χ3v) is 6.77. The van der Waals surface area contributed by atoms with Gasteiger partial charge in [0.05, 0.1) is 17.0 Å². The van der Waals surface area contributed by atoms with Gasteiger partial charge in [-0.15, -0.1) is 0 Å². The molecule has 0 spiro atoms. The summed E-state index contributed by atoms with van der Waals surface area (Å²) >= 11 is 0. The first kappa shape index (κ1) is 21.4. The summed E-state index contributed by atoms with van der Waals surface area (Å²) in [5.41, 5.74) is 4.73. The smallest absolute Gasteiger partial charge is 0.410 e. The Morgan fingerprint density at radius 2 is 2.06 bits per heavy atom. The lowest BCUT2D eigenvalue weighted by Gasteiger charge is -2.39. The van der Waals surface area contributed by atoms with Gasteiger partial charge < -0.3 is 19.1 Å². The predicted molar refractivity (Wildman–Crippen MR) is 117 cm³/mol. The summed E-state index contributed by atoms with van der Waals surface area (Å²) in [4.78, 5) is 25.0. The van der Waals surface area contributed by atoms with Crippen LogP contribution in [-0.2, 0) is 18.2 Å². The van der Waals surface area contributed by atoms with Crippen LogP contribution in [0.5, 0.6) is 0 Å². The van der Waals surface area contributed by atoms with Crippen molar-refractivity contribution in [3.8, 4) is 6.07 Å². The second-order valence-electron chi connectivity index (χ2n) is 8.72. The molecule has 33 heavy (non-hydrogen) atoms. The van der Waals surface area contributed by atoms with E-state index in [2.05, 4.69) is 20.9 Å². The lowest BCUT2D eigenvalue weighted by Crippen LogP contribution is -2.53. The van der Waals surface area contributed by atoms with E-state index in [-0.39, 0.29) is 12.8 Å². The number of hydrogen-bond donors (Lipinski definition) is 0. The molecule has 0 N–H and O–H groups in total. The zero-order valence-corrected chi connectivity index (χ0v) is 18.5. The van der Waals surface area contributed by atoms with Gasteiger partial charge in [-0.3, -0.25) is 4.98 Å². The van der Waals surface area contributed by atoms with Gasteiger partial charge in [-0.25, -0.2) is 18.6 Å². The van der Waals surface area contributed by atoms with Gasteiger partial charge in [0, 0.05) is 75.3 Å². The number of alkyl halides is 2. The Morgan fingerprint density at radius 3 is 2.64 bits per heavy atom. The van der Waals surface area contributed by atoms with Crippen LogP contribution in [0.15, 0.2) is 18.5 Å². The van der Waals surface area contributed by atoms with E-state index in [9.17, 15) is 18.8 Å². The summed E-state index contributed by atoms with van der Waals surface area (Å²) in [6, 6.07) is 4.23. The van der Waals surface area contributed by atoms with Crippen LogP contribution in [0.3, 0.4) is 0 Å². The number of ether oxygens (including phenoxy) is 1. The molecule has 2 aliphatic carbocycles. The lowest BCUT2D eigenvalue weighted by atomic mass is 9.91. The Balaban J connectivity index is 1.34. The Morgan fingerprint density at radius 1 is 1.30 bits per heavy atom. The van der Waals surface area contributed by atoms with E-state index >= 15 is 0 Å². The zero-order chi connectivity index (χ0) is 23.3. The number of carbonyl (C=O) groups is 1.